The van der Waals surface area contributed by atoms with Gasteiger partial charge >= 0.3 is 0 Å². The topological polar surface area (TPSA) is 98.3 Å². The second kappa shape index (κ2) is 10.6. The lowest BCUT2D eigenvalue weighted by Gasteiger charge is -2.28. The van der Waals surface area contributed by atoms with Crippen molar-refractivity contribution in [3.63, 3.8) is 0 Å². The lowest BCUT2D eigenvalue weighted by molar-refractivity contribution is 0.106. The van der Waals surface area contributed by atoms with Crippen LogP contribution in [0, 0.1) is 24.0 Å². The zero-order valence-electron chi connectivity index (χ0n) is 18.2. The lowest BCUT2D eigenvalue weighted by atomic mass is 9.99. The van der Waals surface area contributed by atoms with Gasteiger partial charge < -0.3 is 15.8 Å². The van der Waals surface area contributed by atoms with Crippen molar-refractivity contribution in [2.45, 2.75) is 24.5 Å². The fraction of sp³-hybridized carbons (Fsp3) is 0.273. The summed E-state index contributed by atoms with van der Waals surface area (Å²) in [5, 5.41) is 2.75. The number of fused-ring (bicyclic) bond motifs is 1. The van der Waals surface area contributed by atoms with E-state index >= 15 is 0 Å². The van der Waals surface area contributed by atoms with Gasteiger partial charge in [-0.05, 0) is 25.0 Å². The van der Waals surface area contributed by atoms with Gasteiger partial charge in [-0.25, -0.2) is 32.5 Å². The van der Waals surface area contributed by atoms with Gasteiger partial charge in [0.05, 0.1) is 16.5 Å². The number of aromatic nitrogens is 3. The molecule has 1 aromatic carbocycles. The number of amidine groups is 1. The Morgan fingerprint density at radius 1 is 1.29 bits per heavy atom. The van der Waals surface area contributed by atoms with Gasteiger partial charge in [-0.1, -0.05) is 17.7 Å². The second-order valence-corrected chi connectivity index (χ2v) is 8.82. The number of pyridine rings is 1. The molecule has 0 saturated carbocycles. The third-order valence-corrected chi connectivity index (χ3v) is 5.88. The molecular weight excluding hydrogens is 472 g/mol. The SMILES string of the molecule is C#CCOc1cnc2c(Nc3cc(F)c(F)c(C[C@@](C)(S/C(N)=N\C)C(F)F)c3)ncnc2c1. The number of benzene rings is 1. The second-order valence-electron chi connectivity index (χ2n) is 7.26. The largest absolute Gasteiger partial charge is 0.479 e. The molecule has 2 heterocycles. The summed E-state index contributed by atoms with van der Waals surface area (Å²) in [5.74, 6) is 0.479. The van der Waals surface area contributed by atoms with Gasteiger partial charge in [0, 0.05) is 24.9 Å². The van der Waals surface area contributed by atoms with E-state index in [1.54, 1.807) is 6.07 Å². The highest BCUT2D eigenvalue weighted by Gasteiger charge is 2.38. The maximum atomic E-state index is 14.5. The summed E-state index contributed by atoms with van der Waals surface area (Å²) in [5.41, 5.74) is 6.15. The molecule has 0 saturated heterocycles. The van der Waals surface area contributed by atoms with Crippen LogP contribution in [0.25, 0.3) is 11.0 Å². The van der Waals surface area contributed by atoms with E-state index in [9.17, 15) is 17.6 Å². The Labute approximate surface area is 197 Å². The maximum absolute atomic E-state index is 14.5. The number of hydrogen-bond acceptors (Lipinski definition) is 7. The number of aliphatic imine (C=N–C) groups is 1. The first-order valence-electron chi connectivity index (χ1n) is 9.78. The van der Waals surface area contributed by atoms with Crippen molar-refractivity contribution in [3.05, 3.63) is 47.9 Å². The van der Waals surface area contributed by atoms with E-state index in [-0.39, 0.29) is 28.8 Å². The summed E-state index contributed by atoms with van der Waals surface area (Å²) in [4.78, 5) is 16.1. The number of rotatable bonds is 8. The Kier molecular flexibility index (Phi) is 7.78. The zero-order valence-corrected chi connectivity index (χ0v) is 19.0. The number of halogens is 4. The summed E-state index contributed by atoms with van der Waals surface area (Å²) in [7, 11) is 1.35. The Balaban J connectivity index is 1.95. The molecule has 3 rings (SSSR count). The van der Waals surface area contributed by atoms with Crippen molar-refractivity contribution in [1.82, 2.24) is 15.0 Å². The van der Waals surface area contributed by atoms with Crippen LogP contribution < -0.4 is 15.8 Å². The number of ether oxygens (including phenoxy) is 1. The molecule has 0 spiro atoms. The minimum absolute atomic E-state index is 0.0482. The van der Waals surface area contributed by atoms with Gasteiger partial charge in [-0.2, -0.15) is 0 Å². The van der Waals surface area contributed by atoms with Gasteiger partial charge in [0.15, 0.2) is 22.6 Å². The third kappa shape index (κ3) is 5.66. The lowest BCUT2D eigenvalue weighted by Crippen LogP contribution is -2.36. The molecule has 7 nitrogen and oxygen atoms in total. The van der Waals surface area contributed by atoms with E-state index in [0.29, 0.717) is 28.5 Å². The number of terminal acetylenes is 1. The molecule has 0 aliphatic rings. The number of nitrogens with zero attached hydrogens (tertiary/aromatic N) is 4. The Morgan fingerprint density at radius 3 is 2.74 bits per heavy atom. The van der Waals surface area contributed by atoms with Gasteiger partial charge in [0.1, 0.15) is 24.2 Å². The predicted molar refractivity (Wildman–Crippen MR) is 125 cm³/mol. The van der Waals surface area contributed by atoms with Crippen LogP contribution in [-0.4, -0.2) is 44.9 Å². The summed E-state index contributed by atoms with van der Waals surface area (Å²) >= 11 is 0.597. The first kappa shape index (κ1) is 25.0. The molecule has 0 radical (unpaired) electrons. The molecule has 0 unspecified atom stereocenters. The van der Waals surface area contributed by atoms with E-state index < -0.39 is 29.2 Å². The smallest absolute Gasteiger partial charge is 0.253 e. The minimum atomic E-state index is -2.89. The van der Waals surface area contributed by atoms with Gasteiger partial charge in [-0.15, -0.1) is 6.42 Å². The van der Waals surface area contributed by atoms with E-state index in [4.69, 9.17) is 16.9 Å². The summed E-state index contributed by atoms with van der Waals surface area (Å²) in [6, 6.07) is 3.72. The molecule has 34 heavy (non-hydrogen) atoms. The van der Waals surface area contributed by atoms with Crippen LogP contribution in [0.3, 0.4) is 0 Å². The number of anilines is 2. The molecule has 2 aromatic heterocycles. The highest BCUT2D eigenvalue weighted by molar-refractivity contribution is 8.15. The Hall–Kier alpha value is -3.59. The monoisotopic (exact) mass is 492 g/mol. The number of thioether (sulfide) groups is 1. The van der Waals surface area contributed by atoms with Crippen LogP contribution >= 0.6 is 11.8 Å². The number of hydrogen-bond donors (Lipinski definition) is 2. The third-order valence-electron chi connectivity index (χ3n) is 4.70. The van der Waals surface area contributed by atoms with E-state index in [1.165, 1.54) is 32.6 Å². The van der Waals surface area contributed by atoms with E-state index in [2.05, 4.69) is 31.2 Å². The Bertz CT molecular complexity index is 1270. The van der Waals surface area contributed by atoms with E-state index in [0.717, 1.165) is 6.07 Å². The minimum Gasteiger partial charge on any atom is -0.479 e. The number of alkyl halides is 2. The summed E-state index contributed by atoms with van der Waals surface area (Å²) in [6.07, 6.45) is 4.43. The van der Waals surface area contributed by atoms with Crippen molar-refractivity contribution in [1.29, 1.82) is 0 Å². The maximum Gasteiger partial charge on any atom is 0.253 e. The molecule has 3 N–H and O–H groups in total. The standard InChI is InChI=1S/C22H20F4N6OS/c1-4-5-33-14-8-16-18(29-10-14)19(31-11-30-16)32-13-6-12(17(24)15(23)7-13)9-22(2,20(25)26)34-21(27)28-3/h1,6-8,10-11,20H,5,9H2,2-3H3,(H2,27,28)(H,30,31,32)/t22-/m1/s1. The summed E-state index contributed by atoms with van der Waals surface area (Å²) < 4.78 is 60.1. The zero-order chi connectivity index (χ0) is 24.9. The molecule has 0 bridgehead atoms. The highest BCUT2D eigenvalue weighted by atomic mass is 32.2. The van der Waals surface area contributed by atoms with Crippen LogP contribution in [0.4, 0.5) is 29.1 Å². The van der Waals surface area contributed by atoms with Gasteiger partial charge in [-0.3, -0.25) is 4.99 Å². The van der Waals surface area contributed by atoms with Crippen molar-refractivity contribution in [2.75, 3.05) is 19.0 Å². The number of nitrogens with two attached hydrogens (primary N) is 1. The van der Waals surface area contributed by atoms with Crippen molar-refractivity contribution >= 4 is 39.5 Å². The van der Waals surface area contributed by atoms with E-state index in [1.807, 2.05) is 0 Å². The molecule has 0 amide bonds. The average molecular weight is 493 g/mol. The van der Waals surface area contributed by atoms with Crippen molar-refractivity contribution in [3.8, 4) is 18.1 Å². The molecular formula is C22H20F4N6OS. The fourth-order valence-electron chi connectivity index (χ4n) is 3.02. The molecule has 3 aromatic rings. The molecule has 12 heteroatoms. The van der Waals surface area contributed by atoms with Crippen LogP contribution in [-0.2, 0) is 6.42 Å². The number of nitrogens with one attached hydrogen (secondary N) is 1. The van der Waals surface area contributed by atoms with Crippen LogP contribution in [0.15, 0.2) is 35.7 Å². The molecule has 1 atom stereocenters. The summed E-state index contributed by atoms with van der Waals surface area (Å²) in [6.45, 7) is 1.26. The van der Waals surface area contributed by atoms with Crippen molar-refractivity contribution < 1.29 is 22.3 Å². The predicted octanol–water partition coefficient (Wildman–Crippen LogP) is 4.30. The van der Waals surface area contributed by atoms with Crippen LogP contribution in [0.5, 0.6) is 5.75 Å². The average Bonchev–Trinajstić information content (AvgIpc) is 2.80. The first-order chi connectivity index (χ1) is 16.2. The van der Waals surface area contributed by atoms with Gasteiger partial charge in [0.2, 0.25) is 0 Å². The highest BCUT2D eigenvalue weighted by Crippen LogP contribution is 2.37. The van der Waals surface area contributed by atoms with Crippen molar-refractivity contribution in [2.24, 2.45) is 10.7 Å². The molecule has 0 fully saturated rings. The molecule has 0 aliphatic heterocycles. The quantitative estimate of drug-likeness (QED) is 0.209. The fourth-order valence-corrected chi connectivity index (χ4v) is 3.91. The normalized spacial score (nSPS) is 13.5. The Morgan fingerprint density at radius 2 is 2.06 bits per heavy atom. The first-order valence-corrected chi connectivity index (χ1v) is 10.6. The molecule has 0 aliphatic carbocycles. The van der Waals surface area contributed by atoms with Crippen LogP contribution in [0.2, 0.25) is 0 Å². The van der Waals surface area contributed by atoms with Gasteiger partial charge in [0.25, 0.3) is 6.43 Å². The molecule has 178 valence electrons. The van der Waals surface area contributed by atoms with Crippen LogP contribution in [0.1, 0.15) is 12.5 Å².